The van der Waals surface area contributed by atoms with Crippen molar-refractivity contribution in [3.63, 3.8) is 0 Å². The van der Waals surface area contributed by atoms with Crippen molar-refractivity contribution in [2.45, 2.75) is 19.5 Å². The minimum atomic E-state index is -0.810. The number of carbonyl (C=O) groups excluding carboxylic acids is 1. The molecule has 0 aliphatic heterocycles. The molecule has 0 fully saturated rings. The van der Waals surface area contributed by atoms with Crippen LogP contribution in [0.15, 0.2) is 79.1 Å². The number of aromatic nitrogens is 1. The van der Waals surface area contributed by atoms with Gasteiger partial charge in [-0.1, -0.05) is 54.7 Å². The molecule has 0 saturated heterocycles. The van der Waals surface area contributed by atoms with Crippen LogP contribution in [0.1, 0.15) is 27.5 Å². The van der Waals surface area contributed by atoms with E-state index in [1.807, 2.05) is 55.6 Å². The van der Waals surface area contributed by atoms with Crippen LogP contribution in [0.25, 0.3) is 0 Å². The zero-order chi connectivity index (χ0) is 20.8. The van der Waals surface area contributed by atoms with Gasteiger partial charge in [0.25, 0.3) is 11.7 Å². The molecule has 0 bridgehead atoms. The average Bonchev–Trinajstić information content (AvgIpc) is 2.73. The molecule has 3 rings (SSSR count). The van der Waals surface area contributed by atoms with E-state index >= 15 is 0 Å². The second-order valence-electron chi connectivity index (χ2n) is 6.61. The Hall–Kier alpha value is -3.45. The number of hydrogen-bond acceptors (Lipinski definition) is 4. The Balaban J connectivity index is 1.92. The smallest absolute Gasteiger partial charge is 0.270 e. The third-order valence-electron chi connectivity index (χ3n) is 4.42. The Morgan fingerprint density at radius 1 is 1.14 bits per heavy atom. The van der Waals surface area contributed by atoms with Crippen LogP contribution < -0.4 is 9.88 Å². The number of nitro groups is 1. The second kappa shape index (κ2) is 9.16. The molecule has 2 aromatic carbocycles. The fourth-order valence-corrected chi connectivity index (χ4v) is 3.28. The molecular weight excluding hydrogens is 386 g/mol. The van der Waals surface area contributed by atoms with Crippen molar-refractivity contribution in [2.24, 2.45) is 0 Å². The Morgan fingerprint density at radius 2 is 1.90 bits per heavy atom. The zero-order valence-electron chi connectivity index (χ0n) is 15.8. The van der Waals surface area contributed by atoms with Crippen LogP contribution in [0.5, 0.6) is 0 Å². The number of benzene rings is 2. The van der Waals surface area contributed by atoms with E-state index in [-0.39, 0.29) is 17.0 Å². The maximum atomic E-state index is 13.3. The van der Waals surface area contributed by atoms with Gasteiger partial charge in [0.1, 0.15) is 0 Å². The summed E-state index contributed by atoms with van der Waals surface area (Å²) in [4.78, 5) is 24.2. The molecule has 0 saturated carbocycles. The Kier molecular flexibility index (Phi) is 6.41. The zero-order valence-corrected chi connectivity index (χ0v) is 16.6. The van der Waals surface area contributed by atoms with Crippen molar-refractivity contribution >= 4 is 28.7 Å². The van der Waals surface area contributed by atoms with Gasteiger partial charge in [-0.15, -0.1) is 0 Å². The molecule has 1 aromatic heterocycles. The topological polar surface area (TPSA) is 76.1 Å². The van der Waals surface area contributed by atoms with Crippen LogP contribution in [0.4, 0.5) is 5.69 Å². The fourth-order valence-electron chi connectivity index (χ4n) is 2.98. The third kappa shape index (κ3) is 5.08. The van der Waals surface area contributed by atoms with Crippen LogP contribution in [0.2, 0.25) is 0 Å². The average molecular weight is 406 g/mol. The van der Waals surface area contributed by atoms with Gasteiger partial charge >= 0.3 is 0 Å². The lowest BCUT2D eigenvalue weighted by Gasteiger charge is -2.15. The summed E-state index contributed by atoms with van der Waals surface area (Å²) in [6.45, 7) is 2.40. The molecule has 0 radical (unpaired) electrons. The summed E-state index contributed by atoms with van der Waals surface area (Å²) in [5, 5.41) is 14.3. The van der Waals surface area contributed by atoms with Gasteiger partial charge in [0.05, 0.1) is 4.92 Å². The van der Waals surface area contributed by atoms with Crippen molar-refractivity contribution in [2.75, 3.05) is 0 Å². The van der Waals surface area contributed by atoms with Gasteiger partial charge in [0, 0.05) is 35.9 Å². The predicted molar refractivity (Wildman–Crippen MR) is 114 cm³/mol. The Labute approximate surface area is 174 Å². The molecule has 6 nitrogen and oxygen atoms in total. The molecular formula is C22H20N3O3S+. The summed E-state index contributed by atoms with van der Waals surface area (Å²) in [6.07, 6.45) is 3.60. The summed E-state index contributed by atoms with van der Waals surface area (Å²) in [6, 6.07) is 18.4. The van der Waals surface area contributed by atoms with Crippen molar-refractivity contribution in [1.29, 1.82) is 0 Å². The molecule has 0 unspecified atom stereocenters. The number of non-ortho nitro benzene ring substituents is 1. The molecule has 146 valence electrons. The van der Waals surface area contributed by atoms with E-state index in [1.165, 1.54) is 18.2 Å². The van der Waals surface area contributed by atoms with E-state index in [0.29, 0.717) is 11.5 Å². The number of hydrogen-bond donors (Lipinski definition) is 1. The van der Waals surface area contributed by atoms with Crippen molar-refractivity contribution in [1.82, 2.24) is 5.32 Å². The number of nitro benzene ring substituents is 1. The summed E-state index contributed by atoms with van der Waals surface area (Å²) in [5.41, 5.74) is 2.11. The summed E-state index contributed by atoms with van der Waals surface area (Å²) < 4.78 is 1.73. The number of nitrogens with zero attached hydrogens (tertiary/aromatic N) is 2. The van der Waals surface area contributed by atoms with Gasteiger partial charge < -0.3 is 5.32 Å². The highest BCUT2D eigenvalue weighted by Crippen LogP contribution is 2.18. The van der Waals surface area contributed by atoms with E-state index in [0.717, 1.165) is 11.1 Å². The lowest BCUT2D eigenvalue weighted by Crippen LogP contribution is -2.51. The molecule has 0 aliphatic carbocycles. The number of carbonyl (C=O) groups is 1. The number of pyridine rings is 1. The number of aryl methyl sites for hydroxylation is 1. The van der Waals surface area contributed by atoms with Gasteiger partial charge in [-0.3, -0.25) is 14.9 Å². The van der Waals surface area contributed by atoms with E-state index in [4.69, 9.17) is 12.2 Å². The summed E-state index contributed by atoms with van der Waals surface area (Å²) >= 11 is 5.57. The first-order chi connectivity index (χ1) is 14.0. The van der Waals surface area contributed by atoms with Crippen LogP contribution in [0.3, 0.4) is 0 Å². The highest BCUT2D eigenvalue weighted by Gasteiger charge is 2.33. The monoisotopic (exact) mass is 406 g/mol. The molecule has 3 aromatic rings. The maximum absolute atomic E-state index is 13.3. The molecule has 0 aliphatic rings. The summed E-state index contributed by atoms with van der Waals surface area (Å²) in [7, 11) is 0. The number of thiocarbonyl (C=S) groups is 1. The number of ketones is 1. The first-order valence-electron chi connectivity index (χ1n) is 9.03. The number of Topliss-reactive ketones (excluding diaryl/α,β-unsaturated/α-hetero) is 1. The minimum Gasteiger partial charge on any atom is -0.370 e. The van der Waals surface area contributed by atoms with E-state index in [2.05, 4.69) is 5.32 Å². The van der Waals surface area contributed by atoms with Crippen LogP contribution >= 0.6 is 12.2 Å². The first-order valence-corrected chi connectivity index (χ1v) is 9.44. The predicted octanol–water partition coefficient (Wildman–Crippen LogP) is 3.73. The molecule has 0 amide bonds. The molecule has 1 atom stereocenters. The van der Waals surface area contributed by atoms with Crippen molar-refractivity contribution < 1.29 is 14.3 Å². The molecule has 0 spiro atoms. The fraction of sp³-hybridized carbons (Fsp3) is 0.136. The Bertz CT molecular complexity index is 1050. The molecule has 1 heterocycles. The minimum absolute atomic E-state index is 0.132. The highest BCUT2D eigenvalue weighted by molar-refractivity contribution is 7.80. The largest absolute Gasteiger partial charge is 0.370 e. The van der Waals surface area contributed by atoms with Crippen LogP contribution in [-0.4, -0.2) is 15.7 Å². The third-order valence-corrected chi connectivity index (χ3v) is 4.78. The van der Waals surface area contributed by atoms with E-state index in [1.54, 1.807) is 16.8 Å². The lowest BCUT2D eigenvalue weighted by molar-refractivity contribution is -0.692. The van der Waals surface area contributed by atoms with Gasteiger partial charge in [0.2, 0.25) is 5.78 Å². The van der Waals surface area contributed by atoms with Gasteiger partial charge in [-0.05, 0) is 18.6 Å². The van der Waals surface area contributed by atoms with Gasteiger partial charge in [-0.2, -0.15) is 4.57 Å². The number of rotatable bonds is 7. The van der Waals surface area contributed by atoms with Gasteiger partial charge in [-0.25, -0.2) is 0 Å². The second-order valence-corrected chi connectivity index (χ2v) is 7.05. The highest BCUT2D eigenvalue weighted by atomic mass is 32.1. The maximum Gasteiger partial charge on any atom is 0.270 e. The van der Waals surface area contributed by atoms with Crippen molar-refractivity contribution in [3.8, 4) is 0 Å². The molecule has 7 heteroatoms. The lowest BCUT2D eigenvalue weighted by atomic mass is 10.0. The SMILES string of the molecule is Cc1ccc[n+]([C@H](C(=O)c2cccc([N+](=O)[O-])c2)C(=S)NCc2ccccc2)c1. The van der Waals surface area contributed by atoms with E-state index < -0.39 is 11.0 Å². The van der Waals surface area contributed by atoms with Gasteiger partial charge in [0.15, 0.2) is 17.4 Å². The standard InChI is InChI=1S/C22H19N3O3S/c1-16-7-6-12-24(15-16)20(22(29)23-14-17-8-3-2-4-9-17)21(26)18-10-5-11-19(13-18)25(27)28/h2-13,15,20H,14H2,1H3/p+1/t20-/m1/s1. The quantitative estimate of drug-likeness (QED) is 0.213. The van der Waals surface area contributed by atoms with Crippen LogP contribution in [0, 0.1) is 17.0 Å². The van der Waals surface area contributed by atoms with Crippen LogP contribution in [-0.2, 0) is 6.54 Å². The van der Waals surface area contributed by atoms with Crippen molar-refractivity contribution in [3.05, 3.63) is 106 Å². The first kappa shape index (κ1) is 20.3. The normalized spacial score (nSPS) is 11.5. The van der Waals surface area contributed by atoms with E-state index in [9.17, 15) is 14.9 Å². The molecule has 1 N–H and O–H groups in total. The summed E-state index contributed by atoms with van der Waals surface area (Å²) in [5.74, 6) is -0.310. The Morgan fingerprint density at radius 3 is 2.59 bits per heavy atom. The molecule has 29 heavy (non-hydrogen) atoms. The number of nitrogens with one attached hydrogen (secondary N) is 1.